The molecule has 2 saturated heterocycles. The second kappa shape index (κ2) is 7.07. The number of hydrogen-bond donors (Lipinski definition) is 1. The maximum absolute atomic E-state index is 6.11. The van der Waals surface area contributed by atoms with E-state index in [4.69, 9.17) is 9.47 Å². The van der Waals surface area contributed by atoms with Gasteiger partial charge in [-0.05, 0) is 39.0 Å². The SMILES string of the molecule is CCOC1CC(NC(=NC)N2CCC3(CCOC3)C2)C12CCCCC2. The van der Waals surface area contributed by atoms with Gasteiger partial charge in [-0.15, -0.1) is 0 Å². The molecule has 4 fully saturated rings. The van der Waals surface area contributed by atoms with E-state index in [9.17, 15) is 0 Å². The highest BCUT2D eigenvalue weighted by Crippen LogP contribution is 2.53. The van der Waals surface area contributed by atoms with Crippen LogP contribution in [0.4, 0.5) is 0 Å². The van der Waals surface area contributed by atoms with Crippen molar-refractivity contribution in [2.24, 2.45) is 15.8 Å². The van der Waals surface area contributed by atoms with Crippen LogP contribution in [-0.4, -0.2) is 63.0 Å². The van der Waals surface area contributed by atoms with Gasteiger partial charge in [0, 0.05) is 50.2 Å². The van der Waals surface area contributed by atoms with Gasteiger partial charge in [-0.25, -0.2) is 0 Å². The van der Waals surface area contributed by atoms with E-state index < -0.39 is 0 Å². The lowest BCUT2D eigenvalue weighted by molar-refractivity contribution is -0.146. The Morgan fingerprint density at radius 2 is 2.08 bits per heavy atom. The first-order chi connectivity index (χ1) is 12.2. The summed E-state index contributed by atoms with van der Waals surface area (Å²) in [5.74, 6) is 1.11. The Bertz CT molecular complexity index is 495. The number of likely N-dealkylation sites (tertiary alicyclic amines) is 1. The van der Waals surface area contributed by atoms with E-state index in [-0.39, 0.29) is 0 Å². The molecule has 0 radical (unpaired) electrons. The Kier molecular flexibility index (Phi) is 4.98. The molecule has 0 amide bonds. The van der Waals surface area contributed by atoms with Gasteiger partial charge in [0.2, 0.25) is 0 Å². The van der Waals surface area contributed by atoms with Gasteiger partial charge >= 0.3 is 0 Å². The summed E-state index contributed by atoms with van der Waals surface area (Å²) < 4.78 is 11.8. The molecule has 0 bridgehead atoms. The number of nitrogens with one attached hydrogen (secondary N) is 1. The normalized spacial score (nSPS) is 37.7. The van der Waals surface area contributed by atoms with Crippen LogP contribution in [0.3, 0.4) is 0 Å². The number of aliphatic imine (C=N–C) groups is 1. The van der Waals surface area contributed by atoms with Crippen molar-refractivity contribution in [2.45, 2.75) is 70.4 Å². The van der Waals surface area contributed by atoms with Crippen molar-refractivity contribution < 1.29 is 9.47 Å². The highest BCUT2D eigenvalue weighted by molar-refractivity contribution is 5.80. The topological polar surface area (TPSA) is 46.1 Å². The molecule has 2 aliphatic carbocycles. The maximum atomic E-state index is 6.11. The fourth-order valence-corrected chi connectivity index (χ4v) is 5.81. The summed E-state index contributed by atoms with van der Waals surface area (Å²) in [6.07, 6.45) is 10.7. The predicted molar refractivity (Wildman–Crippen MR) is 99.9 cm³/mol. The Balaban J connectivity index is 1.41. The van der Waals surface area contributed by atoms with Crippen LogP contribution >= 0.6 is 0 Å². The number of ether oxygens (including phenoxy) is 2. The van der Waals surface area contributed by atoms with E-state index in [0.29, 0.717) is 23.0 Å². The van der Waals surface area contributed by atoms with Crippen molar-refractivity contribution in [3.05, 3.63) is 0 Å². The molecule has 0 aromatic carbocycles. The van der Waals surface area contributed by atoms with Crippen LogP contribution in [0.5, 0.6) is 0 Å². The standard InChI is InChI=1S/C20H35N3O2/c1-3-25-17-13-16(20(17)7-5-4-6-8-20)22-18(21-2)23-11-9-19(14-23)10-12-24-15-19/h16-17H,3-15H2,1-2H3,(H,21,22). The third-order valence-electron chi connectivity index (χ3n) is 7.38. The fourth-order valence-electron chi connectivity index (χ4n) is 5.81. The molecule has 2 spiro atoms. The van der Waals surface area contributed by atoms with E-state index in [1.54, 1.807) is 0 Å². The Labute approximate surface area is 152 Å². The van der Waals surface area contributed by atoms with E-state index in [1.807, 2.05) is 7.05 Å². The average molecular weight is 350 g/mol. The first-order valence-electron chi connectivity index (χ1n) is 10.4. The van der Waals surface area contributed by atoms with Gasteiger partial charge in [0.25, 0.3) is 0 Å². The highest BCUT2D eigenvalue weighted by Gasteiger charge is 2.56. The molecule has 0 aromatic rings. The molecule has 25 heavy (non-hydrogen) atoms. The Morgan fingerprint density at radius 3 is 2.76 bits per heavy atom. The van der Waals surface area contributed by atoms with Crippen molar-refractivity contribution in [1.82, 2.24) is 10.2 Å². The number of nitrogens with zero attached hydrogens (tertiary/aromatic N) is 2. The van der Waals surface area contributed by atoms with Gasteiger partial charge in [0.05, 0.1) is 12.7 Å². The third-order valence-corrected chi connectivity index (χ3v) is 7.38. The summed E-state index contributed by atoms with van der Waals surface area (Å²) in [7, 11) is 1.94. The van der Waals surface area contributed by atoms with Crippen molar-refractivity contribution in [1.29, 1.82) is 0 Å². The van der Waals surface area contributed by atoms with Crippen LogP contribution in [0.25, 0.3) is 0 Å². The average Bonchev–Trinajstić information content (AvgIpc) is 3.28. The quantitative estimate of drug-likeness (QED) is 0.629. The molecule has 1 N–H and O–H groups in total. The lowest BCUT2D eigenvalue weighted by Gasteiger charge is -2.58. The van der Waals surface area contributed by atoms with E-state index in [2.05, 4.69) is 22.1 Å². The van der Waals surface area contributed by atoms with Gasteiger partial charge in [-0.2, -0.15) is 0 Å². The molecule has 3 atom stereocenters. The smallest absolute Gasteiger partial charge is 0.193 e. The Morgan fingerprint density at radius 1 is 1.24 bits per heavy atom. The zero-order valence-corrected chi connectivity index (χ0v) is 16.1. The minimum atomic E-state index is 0.345. The fraction of sp³-hybridized carbons (Fsp3) is 0.950. The maximum Gasteiger partial charge on any atom is 0.193 e. The van der Waals surface area contributed by atoms with Gasteiger partial charge in [0.15, 0.2) is 5.96 Å². The predicted octanol–water partition coefficient (Wildman–Crippen LogP) is 2.80. The van der Waals surface area contributed by atoms with Crippen LogP contribution < -0.4 is 5.32 Å². The zero-order chi connectivity index (χ0) is 17.3. The number of rotatable bonds is 3. The van der Waals surface area contributed by atoms with Crippen LogP contribution in [0.15, 0.2) is 4.99 Å². The van der Waals surface area contributed by atoms with Crippen molar-refractivity contribution in [3.63, 3.8) is 0 Å². The van der Waals surface area contributed by atoms with E-state index in [0.717, 1.165) is 45.3 Å². The second-order valence-electron chi connectivity index (χ2n) is 8.69. The van der Waals surface area contributed by atoms with Gasteiger partial charge in [0.1, 0.15) is 0 Å². The van der Waals surface area contributed by atoms with E-state index in [1.165, 1.54) is 44.9 Å². The molecule has 2 heterocycles. The molecule has 142 valence electrons. The summed E-state index contributed by atoms with van der Waals surface area (Å²) in [6.45, 7) is 7.03. The molecule has 5 nitrogen and oxygen atoms in total. The van der Waals surface area contributed by atoms with Crippen LogP contribution in [-0.2, 0) is 9.47 Å². The summed E-state index contributed by atoms with van der Waals surface area (Å²) in [5.41, 5.74) is 0.728. The largest absolute Gasteiger partial charge is 0.381 e. The minimum Gasteiger partial charge on any atom is -0.381 e. The van der Waals surface area contributed by atoms with Gasteiger partial charge in [-0.3, -0.25) is 4.99 Å². The zero-order valence-electron chi connectivity index (χ0n) is 16.1. The first kappa shape index (κ1) is 17.6. The van der Waals surface area contributed by atoms with Crippen LogP contribution in [0, 0.1) is 10.8 Å². The van der Waals surface area contributed by atoms with E-state index >= 15 is 0 Å². The van der Waals surface area contributed by atoms with Crippen molar-refractivity contribution in [2.75, 3.05) is 40.0 Å². The summed E-state index contributed by atoms with van der Waals surface area (Å²) in [5, 5.41) is 3.86. The molecule has 3 unspecified atom stereocenters. The van der Waals surface area contributed by atoms with Crippen molar-refractivity contribution in [3.8, 4) is 0 Å². The van der Waals surface area contributed by atoms with Crippen LogP contribution in [0.1, 0.15) is 58.3 Å². The molecule has 5 heteroatoms. The summed E-state index contributed by atoms with van der Waals surface area (Å²) in [4.78, 5) is 7.12. The lowest BCUT2D eigenvalue weighted by Crippen LogP contribution is -2.66. The molecule has 2 saturated carbocycles. The summed E-state index contributed by atoms with van der Waals surface area (Å²) >= 11 is 0. The molecular formula is C20H35N3O2. The van der Waals surface area contributed by atoms with Gasteiger partial charge in [-0.1, -0.05) is 19.3 Å². The number of guanidine groups is 1. The first-order valence-corrected chi connectivity index (χ1v) is 10.4. The molecular weight excluding hydrogens is 314 g/mol. The highest BCUT2D eigenvalue weighted by atomic mass is 16.5. The molecule has 4 aliphatic rings. The Hall–Kier alpha value is -0.810. The minimum absolute atomic E-state index is 0.345. The molecule has 0 aromatic heterocycles. The number of hydrogen-bond acceptors (Lipinski definition) is 3. The van der Waals surface area contributed by atoms with Gasteiger partial charge < -0.3 is 19.7 Å². The third kappa shape index (κ3) is 3.08. The monoisotopic (exact) mass is 349 g/mol. The lowest BCUT2D eigenvalue weighted by atomic mass is 9.55. The second-order valence-corrected chi connectivity index (χ2v) is 8.69. The summed E-state index contributed by atoms with van der Waals surface area (Å²) in [6, 6.07) is 0.527. The van der Waals surface area contributed by atoms with Crippen LogP contribution in [0.2, 0.25) is 0 Å². The van der Waals surface area contributed by atoms with Crippen molar-refractivity contribution >= 4 is 5.96 Å². The molecule has 4 rings (SSSR count). The molecule has 2 aliphatic heterocycles.